The second-order valence-corrected chi connectivity index (χ2v) is 7.07. The summed E-state index contributed by atoms with van der Waals surface area (Å²) in [5.74, 6) is 0.730. The standard InChI is InChI=1S/C15H28N2O2/c1-15(2)6-8-17(11-13(15)18)14(19)9-12-5-4-7-16(3)10-12/h12-13,18H,4-11H2,1-3H3. The molecule has 2 saturated heterocycles. The predicted molar refractivity (Wildman–Crippen MR) is 75.8 cm³/mol. The molecule has 2 unspecified atom stereocenters. The largest absolute Gasteiger partial charge is 0.391 e. The molecule has 0 bridgehead atoms. The van der Waals surface area contributed by atoms with E-state index in [0.29, 0.717) is 18.9 Å². The average Bonchev–Trinajstić information content (AvgIpc) is 2.32. The summed E-state index contributed by atoms with van der Waals surface area (Å²) in [6.45, 7) is 7.65. The Hall–Kier alpha value is -0.610. The van der Waals surface area contributed by atoms with Crippen molar-refractivity contribution in [1.29, 1.82) is 0 Å². The number of rotatable bonds is 2. The second kappa shape index (κ2) is 5.80. The number of amides is 1. The van der Waals surface area contributed by atoms with Crippen LogP contribution in [0.15, 0.2) is 0 Å². The average molecular weight is 268 g/mol. The third-order valence-corrected chi connectivity index (χ3v) is 4.86. The van der Waals surface area contributed by atoms with E-state index in [4.69, 9.17) is 0 Å². The lowest BCUT2D eigenvalue weighted by Crippen LogP contribution is -2.51. The number of β-amino-alcohol motifs (C(OH)–C–C–N with tert-alkyl or cyclic N) is 1. The molecule has 1 amide bonds. The second-order valence-electron chi connectivity index (χ2n) is 7.07. The molecule has 2 fully saturated rings. The van der Waals surface area contributed by atoms with E-state index in [0.717, 1.165) is 32.5 Å². The van der Waals surface area contributed by atoms with Crippen LogP contribution in [0.4, 0.5) is 0 Å². The molecule has 0 aromatic rings. The fraction of sp³-hybridized carbons (Fsp3) is 0.933. The Kier molecular flexibility index (Phi) is 4.51. The molecule has 110 valence electrons. The highest BCUT2D eigenvalue weighted by Gasteiger charge is 2.36. The van der Waals surface area contributed by atoms with E-state index in [1.165, 1.54) is 6.42 Å². The molecule has 2 rings (SSSR count). The van der Waals surface area contributed by atoms with E-state index >= 15 is 0 Å². The minimum Gasteiger partial charge on any atom is -0.391 e. The zero-order valence-electron chi connectivity index (χ0n) is 12.6. The minimum atomic E-state index is -0.390. The lowest BCUT2D eigenvalue weighted by molar-refractivity contribution is -0.139. The van der Waals surface area contributed by atoms with Gasteiger partial charge in [0.1, 0.15) is 0 Å². The molecular weight excluding hydrogens is 240 g/mol. The number of carbonyl (C=O) groups is 1. The molecule has 2 atom stereocenters. The van der Waals surface area contributed by atoms with Gasteiger partial charge in [-0.25, -0.2) is 0 Å². The molecule has 2 aliphatic heterocycles. The van der Waals surface area contributed by atoms with Crippen LogP contribution in [0.3, 0.4) is 0 Å². The molecular formula is C15H28N2O2. The van der Waals surface area contributed by atoms with Crippen LogP contribution in [0.25, 0.3) is 0 Å². The number of hydrogen-bond donors (Lipinski definition) is 1. The van der Waals surface area contributed by atoms with E-state index in [1.807, 2.05) is 4.90 Å². The number of piperidine rings is 2. The number of aliphatic hydroxyl groups is 1. The van der Waals surface area contributed by atoms with Gasteiger partial charge in [-0.05, 0) is 44.2 Å². The molecule has 0 aliphatic carbocycles. The van der Waals surface area contributed by atoms with Gasteiger partial charge < -0.3 is 14.9 Å². The highest BCUT2D eigenvalue weighted by Crippen LogP contribution is 2.31. The number of nitrogens with zero attached hydrogens (tertiary/aromatic N) is 2. The maximum atomic E-state index is 12.3. The number of likely N-dealkylation sites (tertiary alicyclic amines) is 2. The van der Waals surface area contributed by atoms with Crippen LogP contribution in [0, 0.1) is 11.3 Å². The van der Waals surface area contributed by atoms with Crippen molar-refractivity contribution >= 4 is 5.91 Å². The van der Waals surface area contributed by atoms with Crippen molar-refractivity contribution in [2.75, 3.05) is 33.2 Å². The summed E-state index contributed by atoms with van der Waals surface area (Å²) in [4.78, 5) is 16.5. The molecule has 0 saturated carbocycles. The van der Waals surface area contributed by atoms with Crippen LogP contribution in [0.1, 0.15) is 39.5 Å². The third-order valence-electron chi connectivity index (χ3n) is 4.86. The molecule has 1 N–H and O–H groups in total. The van der Waals surface area contributed by atoms with Crippen LogP contribution >= 0.6 is 0 Å². The van der Waals surface area contributed by atoms with Crippen molar-refractivity contribution in [2.45, 2.75) is 45.6 Å². The Morgan fingerprint density at radius 3 is 2.68 bits per heavy atom. The first-order valence-corrected chi connectivity index (χ1v) is 7.53. The van der Waals surface area contributed by atoms with Gasteiger partial charge in [0.15, 0.2) is 0 Å². The molecule has 0 aromatic carbocycles. The normalized spacial score (nSPS) is 32.3. The van der Waals surface area contributed by atoms with Gasteiger partial charge in [-0.1, -0.05) is 13.8 Å². The number of aliphatic hydroxyl groups excluding tert-OH is 1. The van der Waals surface area contributed by atoms with Crippen LogP contribution in [0.2, 0.25) is 0 Å². The summed E-state index contributed by atoms with van der Waals surface area (Å²) in [7, 11) is 2.13. The van der Waals surface area contributed by atoms with Gasteiger partial charge in [-0.15, -0.1) is 0 Å². The minimum absolute atomic E-state index is 0.0537. The molecule has 19 heavy (non-hydrogen) atoms. The Balaban J connectivity index is 1.84. The summed E-state index contributed by atoms with van der Waals surface area (Å²) in [6.07, 6.45) is 3.52. The van der Waals surface area contributed by atoms with Crippen molar-refractivity contribution < 1.29 is 9.90 Å². The topological polar surface area (TPSA) is 43.8 Å². The maximum absolute atomic E-state index is 12.3. The monoisotopic (exact) mass is 268 g/mol. The quantitative estimate of drug-likeness (QED) is 0.822. The smallest absolute Gasteiger partial charge is 0.222 e. The van der Waals surface area contributed by atoms with Crippen molar-refractivity contribution in [2.24, 2.45) is 11.3 Å². The fourth-order valence-corrected chi connectivity index (χ4v) is 3.18. The Morgan fingerprint density at radius 2 is 2.05 bits per heavy atom. The Morgan fingerprint density at radius 1 is 1.32 bits per heavy atom. The lowest BCUT2D eigenvalue weighted by atomic mass is 9.80. The zero-order valence-corrected chi connectivity index (χ0v) is 12.6. The van der Waals surface area contributed by atoms with Gasteiger partial charge in [-0.2, -0.15) is 0 Å². The van der Waals surface area contributed by atoms with E-state index in [9.17, 15) is 9.90 Å². The van der Waals surface area contributed by atoms with Crippen molar-refractivity contribution in [3.63, 3.8) is 0 Å². The fourth-order valence-electron chi connectivity index (χ4n) is 3.18. The summed E-state index contributed by atoms with van der Waals surface area (Å²) in [6, 6.07) is 0. The van der Waals surface area contributed by atoms with Crippen LogP contribution in [-0.2, 0) is 4.79 Å². The van der Waals surface area contributed by atoms with Crippen LogP contribution in [-0.4, -0.2) is 60.1 Å². The lowest BCUT2D eigenvalue weighted by Gasteiger charge is -2.41. The van der Waals surface area contributed by atoms with Gasteiger partial charge in [-0.3, -0.25) is 4.79 Å². The van der Waals surface area contributed by atoms with Gasteiger partial charge in [0.25, 0.3) is 0 Å². The molecule has 2 heterocycles. The summed E-state index contributed by atoms with van der Waals surface area (Å²) in [5, 5.41) is 10.1. The maximum Gasteiger partial charge on any atom is 0.222 e. The predicted octanol–water partition coefficient (Wildman–Crippen LogP) is 1.34. The molecule has 2 aliphatic rings. The Bertz CT molecular complexity index is 330. The zero-order chi connectivity index (χ0) is 14.0. The van der Waals surface area contributed by atoms with E-state index in [1.54, 1.807) is 0 Å². The first-order chi connectivity index (χ1) is 8.88. The number of hydrogen-bond acceptors (Lipinski definition) is 3. The first kappa shape index (κ1) is 14.8. The van der Waals surface area contributed by atoms with Gasteiger partial charge in [0, 0.05) is 26.1 Å². The summed E-state index contributed by atoms with van der Waals surface area (Å²) < 4.78 is 0. The molecule has 0 spiro atoms. The van der Waals surface area contributed by atoms with E-state index < -0.39 is 0 Å². The van der Waals surface area contributed by atoms with Gasteiger partial charge in [0.05, 0.1) is 6.10 Å². The van der Waals surface area contributed by atoms with E-state index in [-0.39, 0.29) is 17.4 Å². The Labute approximate surface area is 116 Å². The highest BCUT2D eigenvalue weighted by molar-refractivity contribution is 5.76. The highest BCUT2D eigenvalue weighted by atomic mass is 16.3. The van der Waals surface area contributed by atoms with E-state index in [2.05, 4.69) is 25.8 Å². The molecule has 0 aromatic heterocycles. The van der Waals surface area contributed by atoms with Crippen LogP contribution < -0.4 is 0 Å². The summed E-state index contributed by atoms with van der Waals surface area (Å²) in [5.41, 5.74) is -0.0537. The first-order valence-electron chi connectivity index (χ1n) is 7.53. The van der Waals surface area contributed by atoms with Crippen molar-refractivity contribution in [3.8, 4) is 0 Å². The van der Waals surface area contributed by atoms with Crippen molar-refractivity contribution in [1.82, 2.24) is 9.80 Å². The third kappa shape index (κ3) is 3.69. The van der Waals surface area contributed by atoms with Gasteiger partial charge in [0.2, 0.25) is 5.91 Å². The molecule has 0 radical (unpaired) electrons. The number of carbonyl (C=O) groups excluding carboxylic acids is 1. The molecule has 4 heteroatoms. The van der Waals surface area contributed by atoms with Gasteiger partial charge >= 0.3 is 0 Å². The van der Waals surface area contributed by atoms with Crippen molar-refractivity contribution in [3.05, 3.63) is 0 Å². The SMILES string of the molecule is CN1CCCC(CC(=O)N2CCC(C)(C)C(O)C2)C1. The summed E-state index contributed by atoms with van der Waals surface area (Å²) >= 11 is 0. The molecule has 4 nitrogen and oxygen atoms in total. The van der Waals surface area contributed by atoms with Crippen LogP contribution in [0.5, 0.6) is 0 Å².